The highest BCUT2D eigenvalue weighted by atomic mass is 16.8. The van der Waals surface area contributed by atoms with Crippen molar-refractivity contribution in [2.45, 2.75) is 70.6 Å². The van der Waals surface area contributed by atoms with Crippen LogP contribution in [0.3, 0.4) is 0 Å². The van der Waals surface area contributed by atoms with E-state index in [1.807, 2.05) is 0 Å². The molecule has 8 nitrogen and oxygen atoms in total. The van der Waals surface area contributed by atoms with Gasteiger partial charge in [-0.3, -0.25) is 0 Å². The molecule has 8 heteroatoms. The number of amides is 1. The smallest absolute Gasteiger partial charge is 0.407 e. The van der Waals surface area contributed by atoms with E-state index in [1.54, 1.807) is 34.6 Å². The van der Waals surface area contributed by atoms with Gasteiger partial charge in [0.05, 0.1) is 12.7 Å². The normalized spacial score (nSPS) is 34.0. The number of hydrogen-bond acceptors (Lipinski definition) is 7. The van der Waals surface area contributed by atoms with Gasteiger partial charge in [-0.25, -0.2) is 4.79 Å². The largest absolute Gasteiger partial charge is 0.444 e. The van der Waals surface area contributed by atoms with Gasteiger partial charge >= 0.3 is 6.09 Å². The lowest BCUT2D eigenvalue weighted by atomic mass is 9.97. The van der Waals surface area contributed by atoms with Crippen molar-refractivity contribution in [3.8, 4) is 0 Å². The number of ether oxygens (including phenoxy) is 4. The standard InChI is InChI=1S/C15H27NO7/c1-14(2,3)23-13(19)16-6-8(7-17)10-9(18)11-12(20-10)22-15(4,5)21-11/h8-12,17-18H,6-7H2,1-5H3,(H,16,19)/t8-,9-,10+,11+,12+/m0/s1. The predicted octanol–water partition coefficient (Wildman–Crippen LogP) is 0.357. The Morgan fingerprint density at radius 3 is 2.52 bits per heavy atom. The lowest BCUT2D eigenvalue weighted by Crippen LogP contribution is -2.45. The van der Waals surface area contributed by atoms with Gasteiger partial charge in [0.25, 0.3) is 0 Å². The van der Waals surface area contributed by atoms with Crippen LogP contribution in [0.5, 0.6) is 0 Å². The first-order valence-corrected chi connectivity index (χ1v) is 7.79. The highest BCUT2D eigenvalue weighted by Gasteiger charge is 2.55. The summed E-state index contributed by atoms with van der Waals surface area (Å²) in [4.78, 5) is 11.7. The van der Waals surface area contributed by atoms with Crippen LogP contribution in [0.15, 0.2) is 0 Å². The molecule has 2 aliphatic heterocycles. The van der Waals surface area contributed by atoms with E-state index in [-0.39, 0.29) is 13.2 Å². The SMILES string of the molecule is CC(C)(C)OC(=O)NC[C@@H](CO)[C@H]1O[C@@H]2OC(C)(C)O[C@@H]2[C@H]1O. The van der Waals surface area contributed by atoms with Gasteiger partial charge in [-0.15, -0.1) is 0 Å². The molecule has 0 unspecified atom stereocenters. The quantitative estimate of drug-likeness (QED) is 0.682. The highest BCUT2D eigenvalue weighted by molar-refractivity contribution is 5.67. The fraction of sp³-hybridized carbons (Fsp3) is 0.933. The Balaban J connectivity index is 1.89. The van der Waals surface area contributed by atoms with Gasteiger partial charge in [-0.1, -0.05) is 0 Å². The van der Waals surface area contributed by atoms with E-state index in [1.165, 1.54) is 0 Å². The Hall–Kier alpha value is -0.930. The summed E-state index contributed by atoms with van der Waals surface area (Å²) in [5.41, 5.74) is -0.605. The Kier molecular flexibility index (Phi) is 5.22. The van der Waals surface area contributed by atoms with E-state index < -0.39 is 48.0 Å². The van der Waals surface area contributed by atoms with Crippen molar-refractivity contribution in [2.24, 2.45) is 5.92 Å². The molecule has 0 radical (unpaired) electrons. The van der Waals surface area contributed by atoms with Crippen LogP contribution in [0.1, 0.15) is 34.6 Å². The third-order valence-corrected chi connectivity index (χ3v) is 3.66. The van der Waals surface area contributed by atoms with E-state index in [9.17, 15) is 15.0 Å². The van der Waals surface area contributed by atoms with Crippen LogP contribution in [0.2, 0.25) is 0 Å². The molecule has 0 saturated carbocycles. The monoisotopic (exact) mass is 333 g/mol. The summed E-state index contributed by atoms with van der Waals surface area (Å²) in [5.74, 6) is -1.32. The van der Waals surface area contributed by atoms with Crippen LogP contribution >= 0.6 is 0 Å². The summed E-state index contributed by atoms with van der Waals surface area (Å²) in [6, 6.07) is 0. The average Bonchev–Trinajstić information content (AvgIpc) is 2.83. The first-order valence-electron chi connectivity index (χ1n) is 7.79. The Morgan fingerprint density at radius 1 is 1.35 bits per heavy atom. The average molecular weight is 333 g/mol. The molecule has 2 fully saturated rings. The second kappa shape index (κ2) is 6.52. The number of hydrogen-bond donors (Lipinski definition) is 3. The molecule has 1 amide bonds. The summed E-state index contributed by atoms with van der Waals surface area (Å²) in [5, 5.41) is 22.5. The number of nitrogens with one attached hydrogen (secondary N) is 1. The fourth-order valence-electron chi connectivity index (χ4n) is 2.72. The molecule has 2 rings (SSSR count). The molecule has 2 saturated heterocycles. The molecule has 2 aliphatic rings. The van der Waals surface area contributed by atoms with Gasteiger partial charge in [0.15, 0.2) is 12.1 Å². The maximum absolute atomic E-state index is 11.7. The first kappa shape index (κ1) is 18.4. The molecular formula is C15H27NO7. The topological polar surface area (TPSA) is 106 Å². The maximum Gasteiger partial charge on any atom is 0.407 e. The number of aliphatic hydroxyl groups excluding tert-OH is 2. The molecule has 0 aromatic rings. The van der Waals surface area contributed by atoms with Crippen molar-refractivity contribution < 1.29 is 34.0 Å². The van der Waals surface area contributed by atoms with Crippen LogP contribution in [0.25, 0.3) is 0 Å². The van der Waals surface area contributed by atoms with Gasteiger partial charge in [0, 0.05) is 12.5 Å². The lowest BCUT2D eigenvalue weighted by molar-refractivity contribution is -0.221. The van der Waals surface area contributed by atoms with Crippen LogP contribution in [-0.2, 0) is 18.9 Å². The minimum Gasteiger partial charge on any atom is -0.444 e. The second-order valence-electron chi connectivity index (χ2n) is 7.39. The fourth-order valence-corrected chi connectivity index (χ4v) is 2.72. The van der Waals surface area contributed by atoms with E-state index >= 15 is 0 Å². The van der Waals surface area contributed by atoms with Crippen molar-refractivity contribution in [3.63, 3.8) is 0 Å². The zero-order valence-electron chi connectivity index (χ0n) is 14.2. The Bertz CT molecular complexity index is 434. The second-order valence-corrected chi connectivity index (χ2v) is 7.39. The maximum atomic E-state index is 11.7. The summed E-state index contributed by atoms with van der Waals surface area (Å²) < 4.78 is 22.0. The summed E-state index contributed by atoms with van der Waals surface area (Å²) in [7, 11) is 0. The number of carbonyl (C=O) groups is 1. The van der Waals surface area contributed by atoms with Crippen LogP contribution in [-0.4, -0.2) is 65.4 Å². The van der Waals surface area contributed by atoms with Gasteiger partial charge in [-0.05, 0) is 34.6 Å². The summed E-state index contributed by atoms with van der Waals surface area (Å²) in [6.45, 7) is 8.61. The van der Waals surface area contributed by atoms with E-state index in [0.717, 1.165) is 0 Å². The predicted molar refractivity (Wildman–Crippen MR) is 79.5 cm³/mol. The molecular weight excluding hydrogens is 306 g/mol. The van der Waals surface area contributed by atoms with Gasteiger partial charge in [0.1, 0.15) is 17.8 Å². The molecule has 23 heavy (non-hydrogen) atoms. The van der Waals surface area contributed by atoms with Gasteiger partial charge < -0.3 is 34.5 Å². The molecule has 5 atom stereocenters. The van der Waals surface area contributed by atoms with Crippen molar-refractivity contribution in [1.82, 2.24) is 5.32 Å². The number of alkyl carbamates (subject to hydrolysis) is 1. The zero-order chi connectivity index (χ0) is 17.4. The number of aliphatic hydroxyl groups is 2. The first-order chi connectivity index (χ1) is 10.5. The van der Waals surface area contributed by atoms with Crippen LogP contribution in [0, 0.1) is 5.92 Å². The molecule has 0 aromatic carbocycles. The number of carbonyl (C=O) groups excluding carboxylic acids is 1. The number of rotatable bonds is 4. The summed E-state index contributed by atoms with van der Waals surface area (Å²) in [6.07, 6.45) is -3.51. The lowest BCUT2D eigenvalue weighted by Gasteiger charge is -2.28. The highest BCUT2D eigenvalue weighted by Crippen LogP contribution is 2.39. The zero-order valence-corrected chi connectivity index (χ0v) is 14.2. The van der Waals surface area contributed by atoms with Crippen LogP contribution in [0.4, 0.5) is 4.79 Å². The molecule has 3 N–H and O–H groups in total. The Morgan fingerprint density at radius 2 is 2.00 bits per heavy atom. The van der Waals surface area contributed by atoms with E-state index in [4.69, 9.17) is 18.9 Å². The Labute approximate surface area is 136 Å². The third kappa shape index (κ3) is 4.54. The van der Waals surface area contributed by atoms with E-state index in [2.05, 4.69) is 5.32 Å². The van der Waals surface area contributed by atoms with Gasteiger partial charge in [-0.2, -0.15) is 0 Å². The van der Waals surface area contributed by atoms with Crippen molar-refractivity contribution in [2.75, 3.05) is 13.2 Å². The third-order valence-electron chi connectivity index (χ3n) is 3.66. The van der Waals surface area contributed by atoms with Crippen molar-refractivity contribution in [3.05, 3.63) is 0 Å². The minimum absolute atomic E-state index is 0.107. The molecule has 134 valence electrons. The van der Waals surface area contributed by atoms with Gasteiger partial charge in [0.2, 0.25) is 0 Å². The molecule has 0 bridgehead atoms. The number of fused-ring (bicyclic) bond motifs is 1. The van der Waals surface area contributed by atoms with Crippen LogP contribution < -0.4 is 5.32 Å². The molecule has 0 aromatic heterocycles. The minimum atomic E-state index is -0.945. The summed E-state index contributed by atoms with van der Waals surface area (Å²) >= 11 is 0. The van der Waals surface area contributed by atoms with Crippen molar-refractivity contribution in [1.29, 1.82) is 0 Å². The van der Waals surface area contributed by atoms with E-state index in [0.29, 0.717) is 0 Å². The molecule has 2 heterocycles. The molecule has 0 aliphatic carbocycles. The van der Waals surface area contributed by atoms with Crippen molar-refractivity contribution >= 4 is 6.09 Å². The molecule has 0 spiro atoms.